The van der Waals surface area contributed by atoms with E-state index < -0.39 is 0 Å². The first-order chi connectivity index (χ1) is 8.43. The molecule has 1 aliphatic rings. The highest BCUT2D eigenvalue weighted by Crippen LogP contribution is 1.94. The predicted octanol–water partition coefficient (Wildman–Crippen LogP) is 1.36. The van der Waals surface area contributed by atoms with Gasteiger partial charge in [-0.3, -0.25) is 4.90 Å². The molecule has 0 atom stereocenters. The molecule has 0 spiro atoms. The van der Waals surface area contributed by atoms with Crippen LogP contribution >= 0.6 is 0 Å². The van der Waals surface area contributed by atoms with E-state index in [0.29, 0.717) is 0 Å². The fourth-order valence-corrected chi connectivity index (χ4v) is 1.68. The van der Waals surface area contributed by atoms with E-state index in [1.54, 1.807) is 7.11 Å². The third-order valence-electron chi connectivity index (χ3n) is 2.65. The number of unbranched alkanes of at least 4 members (excludes halogenated alkanes) is 1. The normalized spacial score (nSPS) is 16.4. The summed E-state index contributed by atoms with van der Waals surface area (Å²) in [5.74, 6) is 0. The van der Waals surface area contributed by atoms with Gasteiger partial charge in [-0.25, -0.2) is 0 Å². The third kappa shape index (κ3) is 10.7. The SMILES string of the molecule is CC.COCCCCOCCN1CCNCC1. The highest BCUT2D eigenvalue weighted by atomic mass is 16.5. The third-order valence-corrected chi connectivity index (χ3v) is 2.65. The van der Waals surface area contributed by atoms with Crippen molar-refractivity contribution in [1.82, 2.24) is 10.2 Å². The van der Waals surface area contributed by atoms with Crippen LogP contribution in [-0.2, 0) is 9.47 Å². The zero-order chi connectivity index (χ0) is 12.8. The molecule has 0 bridgehead atoms. The lowest BCUT2D eigenvalue weighted by atomic mass is 10.3. The van der Waals surface area contributed by atoms with E-state index in [9.17, 15) is 0 Å². The van der Waals surface area contributed by atoms with E-state index in [4.69, 9.17) is 9.47 Å². The average Bonchev–Trinajstić information content (AvgIpc) is 2.41. The molecule has 1 N–H and O–H groups in total. The zero-order valence-corrected chi connectivity index (χ0v) is 11.8. The second kappa shape index (κ2) is 13.9. The maximum absolute atomic E-state index is 5.57. The Bertz CT molecular complexity index is 139. The summed E-state index contributed by atoms with van der Waals surface area (Å²) in [7, 11) is 1.74. The highest BCUT2D eigenvalue weighted by molar-refractivity contribution is 4.66. The molecule has 1 fully saturated rings. The summed E-state index contributed by atoms with van der Waals surface area (Å²) in [6.45, 7) is 12.2. The van der Waals surface area contributed by atoms with E-state index in [0.717, 1.165) is 65.4 Å². The molecule has 1 saturated heterocycles. The monoisotopic (exact) mass is 246 g/mol. The standard InChI is InChI=1S/C11H24N2O2.C2H6/c1-14-9-2-3-10-15-11-8-13-6-4-12-5-7-13;1-2/h12H,2-11H2,1H3;1-2H3. The van der Waals surface area contributed by atoms with Crippen molar-refractivity contribution in [1.29, 1.82) is 0 Å². The second-order valence-corrected chi connectivity index (χ2v) is 3.90. The number of hydrogen-bond donors (Lipinski definition) is 1. The number of rotatable bonds is 8. The Labute approximate surface area is 107 Å². The van der Waals surface area contributed by atoms with Gasteiger partial charge in [-0.05, 0) is 12.8 Å². The van der Waals surface area contributed by atoms with E-state index in [-0.39, 0.29) is 0 Å². The van der Waals surface area contributed by atoms with Crippen molar-refractivity contribution in [3.8, 4) is 0 Å². The van der Waals surface area contributed by atoms with Crippen LogP contribution in [0.3, 0.4) is 0 Å². The van der Waals surface area contributed by atoms with Crippen molar-refractivity contribution >= 4 is 0 Å². The second-order valence-electron chi connectivity index (χ2n) is 3.90. The Kier molecular flexibility index (Phi) is 13.8. The van der Waals surface area contributed by atoms with Crippen LogP contribution in [0, 0.1) is 0 Å². The van der Waals surface area contributed by atoms with Crippen molar-refractivity contribution < 1.29 is 9.47 Å². The maximum atomic E-state index is 5.57. The molecule has 0 aromatic heterocycles. The lowest BCUT2D eigenvalue weighted by Crippen LogP contribution is -2.44. The molecule has 17 heavy (non-hydrogen) atoms. The summed E-state index contributed by atoms with van der Waals surface area (Å²) < 4.78 is 10.5. The van der Waals surface area contributed by atoms with Crippen LogP contribution in [-0.4, -0.2) is 64.6 Å². The van der Waals surface area contributed by atoms with Crippen molar-refractivity contribution in [2.24, 2.45) is 0 Å². The largest absolute Gasteiger partial charge is 0.385 e. The molecule has 1 aliphatic heterocycles. The van der Waals surface area contributed by atoms with Crippen LogP contribution in [0.4, 0.5) is 0 Å². The summed E-state index contributed by atoms with van der Waals surface area (Å²) in [5, 5.41) is 3.34. The summed E-state index contributed by atoms with van der Waals surface area (Å²) in [5.41, 5.74) is 0. The molecule has 0 aliphatic carbocycles. The molecular weight excluding hydrogens is 216 g/mol. The molecule has 4 nitrogen and oxygen atoms in total. The summed E-state index contributed by atoms with van der Waals surface area (Å²) >= 11 is 0. The molecular formula is C13H30N2O2. The zero-order valence-electron chi connectivity index (χ0n) is 11.8. The smallest absolute Gasteiger partial charge is 0.0593 e. The molecule has 0 aromatic rings. The molecule has 4 heteroatoms. The van der Waals surface area contributed by atoms with Crippen LogP contribution in [0.2, 0.25) is 0 Å². The topological polar surface area (TPSA) is 33.7 Å². The molecule has 1 rings (SSSR count). The molecule has 0 unspecified atom stereocenters. The summed E-state index contributed by atoms with van der Waals surface area (Å²) in [4.78, 5) is 2.45. The number of hydrogen-bond acceptors (Lipinski definition) is 4. The van der Waals surface area contributed by atoms with Gasteiger partial charge in [-0.2, -0.15) is 0 Å². The number of piperazine rings is 1. The molecule has 104 valence electrons. The predicted molar refractivity (Wildman–Crippen MR) is 72.6 cm³/mol. The minimum absolute atomic E-state index is 0.848. The van der Waals surface area contributed by atoms with Gasteiger partial charge >= 0.3 is 0 Å². The number of nitrogens with zero attached hydrogens (tertiary/aromatic N) is 1. The average molecular weight is 246 g/mol. The van der Waals surface area contributed by atoms with Gasteiger partial charge in [-0.15, -0.1) is 0 Å². The van der Waals surface area contributed by atoms with Crippen molar-refractivity contribution in [3.63, 3.8) is 0 Å². The van der Waals surface area contributed by atoms with E-state index in [2.05, 4.69) is 10.2 Å². The van der Waals surface area contributed by atoms with Gasteiger partial charge in [0.1, 0.15) is 0 Å². The molecule has 0 aromatic carbocycles. The minimum atomic E-state index is 0.848. The lowest BCUT2D eigenvalue weighted by molar-refractivity contribution is 0.0911. The molecule has 0 radical (unpaired) electrons. The summed E-state index contributed by atoms with van der Waals surface area (Å²) in [6, 6.07) is 0. The first kappa shape index (κ1) is 16.8. The number of methoxy groups -OCH3 is 1. The van der Waals surface area contributed by atoms with Crippen LogP contribution in [0.25, 0.3) is 0 Å². The summed E-state index contributed by atoms with van der Waals surface area (Å²) in [6.07, 6.45) is 2.21. The molecule has 0 saturated carbocycles. The fourth-order valence-electron chi connectivity index (χ4n) is 1.68. The van der Waals surface area contributed by atoms with E-state index in [1.807, 2.05) is 13.8 Å². The van der Waals surface area contributed by atoms with Crippen molar-refractivity contribution in [2.75, 3.05) is 59.7 Å². The Morgan fingerprint density at radius 3 is 2.29 bits per heavy atom. The van der Waals surface area contributed by atoms with Crippen LogP contribution < -0.4 is 5.32 Å². The van der Waals surface area contributed by atoms with E-state index >= 15 is 0 Å². The van der Waals surface area contributed by atoms with E-state index in [1.165, 1.54) is 0 Å². The van der Waals surface area contributed by atoms with Gasteiger partial charge in [-0.1, -0.05) is 13.8 Å². The lowest BCUT2D eigenvalue weighted by Gasteiger charge is -2.26. The van der Waals surface area contributed by atoms with Crippen molar-refractivity contribution in [2.45, 2.75) is 26.7 Å². The minimum Gasteiger partial charge on any atom is -0.385 e. The Morgan fingerprint density at radius 1 is 1.00 bits per heavy atom. The first-order valence-electron chi connectivity index (χ1n) is 6.93. The fraction of sp³-hybridized carbons (Fsp3) is 1.00. The highest BCUT2D eigenvalue weighted by Gasteiger charge is 2.07. The van der Waals surface area contributed by atoms with Crippen molar-refractivity contribution in [3.05, 3.63) is 0 Å². The van der Waals surface area contributed by atoms with Gasteiger partial charge in [0.2, 0.25) is 0 Å². The van der Waals surface area contributed by atoms with Gasteiger partial charge < -0.3 is 14.8 Å². The van der Waals surface area contributed by atoms with Gasteiger partial charge in [0.25, 0.3) is 0 Å². The number of nitrogens with one attached hydrogen (secondary N) is 1. The van der Waals surface area contributed by atoms with Gasteiger partial charge in [0.05, 0.1) is 6.61 Å². The Balaban J connectivity index is 0.00000121. The van der Waals surface area contributed by atoms with Crippen LogP contribution in [0.5, 0.6) is 0 Å². The Morgan fingerprint density at radius 2 is 1.65 bits per heavy atom. The van der Waals surface area contributed by atoms with Gasteiger partial charge in [0, 0.05) is 53.0 Å². The number of ether oxygens (including phenoxy) is 2. The molecule has 0 amide bonds. The Hall–Kier alpha value is -0.160. The van der Waals surface area contributed by atoms with Crippen LogP contribution in [0.1, 0.15) is 26.7 Å². The van der Waals surface area contributed by atoms with Gasteiger partial charge in [0.15, 0.2) is 0 Å². The first-order valence-corrected chi connectivity index (χ1v) is 6.93. The quantitative estimate of drug-likeness (QED) is 0.656. The molecule has 1 heterocycles. The maximum Gasteiger partial charge on any atom is 0.0593 e. The van der Waals surface area contributed by atoms with Crippen LogP contribution in [0.15, 0.2) is 0 Å².